The Kier molecular flexibility index (Phi) is 3.99. The Morgan fingerprint density at radius 3 is 2.50 bits per heavy atom. The van der Waals surface area contributed by atoms with Crippen molar-refractivity contribution < 1.29 is 4.39 Å². The minimum absolute atomic E-state index is 0.195. The molecular formula is C19H19FN4. The lowest BCUT2D eigenvalue weighted by Crippen LogP contribution is -2.22. The van der Waals surface area contributed by atoms with Crippen molar-refractivity contribution in [3.8, 4) is 11.4 Å². The summed E-state index contributed by atoms with van der Waals surface area (Å²) in [7, 11) is 0. The third kappa shape index (κ3) is 2.89. The Labute approximate surface area is 140 Å². The van der Waals surface area contributed by atoms with E-state index in [0.29, 0.717) is 12.1 Å². The van der Waals surface area contributed by atoms with Crippen LogP contribution in [0.2, 0.25) is 0 Å². The molecule has 0 atom stereocenters. The van der Waals surface area contributed by atoms with Gasteiger partial charge in [0.25, 0.3) is 0 Å². The van der Waals surface area contributed by atoms with Crippen LogP contribution in [0, 0.1) is 5.82 Å². The third-order valence-corrected chi connectivity index (χ3v) is 4.39. The Morgan fingerprint density at radius 1 is 0.958 bits per heavy atom. The van der Waals surface area contributed by atoms with E-state index in [0.717, 1.165) is 30.3 Å². The monoisotopic (exact) mass is 322 g/mol. The van der Waals surface area contributed by atoms with Crippen LogP contribution in [-0.4, -0.2) is 27.9 Å². The van der Waals surface area contributed by atoms with Gasteiger partial charge in [-0.15, -0.1) is 0 Å². The van der Waals surface area contributed by atoms with E-state index in [4.69, 9.17) is 5.10 Å². The number of anilines is 1. The fourth-order valence-electron chi connectivity index (χ4n) is 3.15. The van der Waals surface area contributed by atoms with Gasteiger partial charge in [0.05, 0.1) is 12.2 Å². The number of nitrogens with zero attached hydrogens (tertiary/aromatic N) is 4. The maximum Gasteiger partial charge on any atom is 0.128 e. The SMILES string of the molecule is Fc1ccccc1Cn1nc(-c2ccccn2)cc1N1CCCC1. The van der Waals surface area contributed by atoms with Crippen LogP contribution in [0.5, 0.6) is 0 Å². The molecular weight excluding hydrogens is 303 g/mol. The van der Waals surface area contributed by atoms with Crippen LogP contribution < -0.4 is 4.90 Å². The van der Waals surface area contributed by atoms with Gasteiger partial charge in [-0.2, -0.15) is 5.10 Å². The van der Waals surface area contributed by atoms with Gasteiger partial charge in [-0.25, -0.2) is 9.07 Å². The molecule has 24 heavy (non-hydrogen) atoms. The van der Waals surface area contributed by atoms with Crippen LogP contribution in [0.4, 0.5) is 10.2 Å². The zero-order chi connectivity index (χ0) is 16.4. The number of hydrogen-bond acceptors (Lipinski definition) is 3. The van der Waals surface area contributed by atoms with Crippen molar-refractivity contribution in [3.63, 3.8) is 0 Å². The summed E-state index contributed by atoms with van der Waals surface area (Å²) in [5.74, 6) is 0.844. The molecule has 1 saturated heterocycles. The quantitative estimate of drug-likeness (QED) is 0.734. The summed E-state index contributed by atoms with van der Waals surface area (Å²) < 4.78 is 15.9. The van der Waals surface area contributed by atoms with Crippen LogP contribution in [0.25, 0.3) is 11.4 Å². The van der Waals surface area contributed by atoms with Crippen LogP contribution in [-0.2, 0) is 6.54 Å². The maximum atomic E-state index is 14.0. The molecule has 0 unspecified atom stereocenters. The summed E-state index contributed by atoms with van der Waals surface area (Å²) in [6, 6.07) is 14.7. The predicted molar refractivity (Wildman–Crippen MR) is 92.4 cm³/mol. The Bertz CT molecular complexity index is 822. The second kappa shape index (κ2) is 6.43. The van der Waals surface area contributed by atoms with Crippen LogP contribution in [0.1, 0.15) is 18.4 Å². The highest BCUT2D eigenvalue weighted by atomic mass is 19.1. The smallest absolute Gasteiger partial charge is 0.128 e. The molecule has 3 aromatic rings. The summed E-state index contributed by atoms with van der Waals surface area (Å²) in [4.78, 5) is 6.71. The van der Waals surface area contributed by atoms with Gasteiger partial charge in [0.15, 0.2) is 0 Å². The first-order valence-corrected chi connectivity index (χ1v) is 8.29. The van der Waals surface area contributed by atoms with E-state index in [9.17, 15) is 4.39 Å². The largest absolute Gasteiger partial charge is 0.357 e. The first-order valence-electron chi connectivity index (χ1n) is 8.29. The van der Waals surface area contributed by atoms with Crippen molar-refractivity contribution in [1.82, 2.24) is 14.8 Å². The Morgan fingerprint density at radius 2 is 1.75 bits per heavy atom. The predicted octanol–water partition coefficient (Wildman–Crippen LogP) is 3.73. The fraction of sp³-hybridized carbons (Fsp3) is 0.263. The van der Waals surface area contributed by atoms with Gasteiger partial charge in [0.1, 0.15) is 17.3 Å². The van der Waals surface area contributed by atoms with Gasteiger partial charge in [0, 0.05) is 30.9 Å². The lowest BCUT2D eigenvalue weighted by Gasteiger charge is -2.18. The van der Waals surface area contributed by atoms with E-state index < -0.39 is 0 Å². The van der Waals surface area contributed by atoms with Crippen molar-refractivity contribution in [2.24, 2.45) is 0 Å². The molecule has 1 aromatic carbocycles. The first kappa shape index (κ1) is 14.9. The molecule has 1 aliphatic heterocycles. The number of hydrogen-bond donors (Lipinski definition) is 0. The van der Waals surface area contributed by atoms with E-state index >= 15 is 0 Å². The molecule has 0 aliphatic carbocycles. The van der Waals surface area contributed by atoms with Crippen molar-refractivity contribution in [1.29, 1.82) is 0 Å². The molecule has 1 aliphatic rings. The summed E-state index contributed by atoms with van der Waals surface area (Å²) in [5, 5.41) is 4.71. The molecule has 0 radical (unpaired) electrons. The molecule has 0 spiro atoms. The van der Waals surface area contributed by atoms with E-state index in [1.54, 1.807) is 12.3 Å². The average Bonchev–Trinajstić information content (AvgIpc) is 3.27. The lowest BCUT2D eigenvalue weighted by atomic mass is 10.2. The van der Waals surface area contributed by atoms with Crippen molar-refractivity contribution in [2.75, 3.05) is 18.0 Å². The van der Waals surface area contributed by atoms with Crippen LogP contribution >= 0.6 is 0 Å². The molecule has 0 saturated carbocycles. The van der Waals surface area contributed by atoms with E-state index in [-0.39, 0.29) is 5.82 Å². The molecule has 122 valence electrons. The molecule has 4 nitrogen and oxygen atoms in total. The number of halogens is 1. The number of benzene rings is 1. The molecule has 2 aromatic heterocycles. The molecule has 0 amide bonds. The topological polar surface area (TPSA) is 34.0 Å². The molecule has 0 bridgehead atoms. The zero-order valence-electron chi connectivity index (χ0n) is 13.4. The molecule has 3 heterocycles. The molecule has 4 rings (SSSR count). The lowest BCUT2D eigenvalue weighted by molar-refractivity contribution is 0.584. The van der Waals surface area contributed by atoms with Gasteiger partial charge in [-0.3, -0.25) is 4.98 Å². The number of pyridine rings is 1. The van der Waals surface area contributed by atoms with Gasteiger partial charge < -0.3 is 4.90 Å². The minimum atomic E-state index is -0.195. The fourth-order valence-corrected chi connectivity index (χ4v) is 3.15. The summed E-state index contributed by atoms with van der Waals surface area (Å²) in [6.07, 6.45) is 4.13. The summed E-state index contributed by atoms with van der Waals surface area (Å²) >= 11 is 0. The van der Waals surface area contributed by atoms with E-state index in [1.165, 1.54) is 18.9 Å². The van der Waals surface area contributed by atoms with E-state index in [1.807, 2.05) is 35.0 Å². The first-order chi connectivity index (χ1) is 11.8. The third-order valence-electron chi connectivity index (χ3n) is 4.39. The standard InChI is InChI=1S/C19H19FN4/c20-16-8-2-1-7-15(16)14-24-19(23-11-5-6-12-23)13-18(22-24)17-9-3-4-10-21-17/h1-4,7-10,13H,5-6,11-12,14H2. The van der Waals surface area contributed by atoms with Crippen LogP contribution in [0.3, 0.4) is 0 Å². The normalized spacial score (nSPS) is 14.3. The number of rotatable bonds is 4. The second-order valence-corrected chi connectivity index (χ2v) is 6.05. The molecule has 5 heteroatoms. The van der Waals surface area contributed by atoms with Crippen molar-refractivity contribution in [2.45, 2.75) is 19.4 Å². The molecule has 0 N–H and O–H groups in total. The highest BCUT2D eigenvalue weighted by molar-refractivity contribution is 5.60. The average molecular weight is 322 g/mol. The van der Waals surface area contributed by atoms with Crippen LogP contribution in [0.15, 0.2) is 54.7 Å². The Hall–Kier alpha value is -2.69. The zero-order valence-corrected chi connectivity index (χ0v) is 13.4. The maximum absolute atomic E-state index is 14.0. The summed E-state index contributed by atoms with van der Waals surface area (Å²) in [6.45, 7) is 2.46. The second-order valence-electron chi connectivity index (χ2n) is 6.05. The Balaban J connectivity index is 1.73. The highest BCUT2D eigenvalue weighted by Gasteiger charge is 2.20. The summed E-state index contributed by atoms with van der Waals surface area (Å²) in [5.41, 5.74) is 2.31. The van der Waals surface area contributed by atoms with Gasteiger partial charge in [-0.05, 0) is 31.0 Å². The molecule has 1 fully saturated rings. The van der Waals surface area contributed by atoms with Gasteiger partial charge in [-0.1, -0.05) is 24.3 Å². The minimum Gasteiger partial charge on any atom is -0.357 e. The van der Waals surface area contributed by atoms with Crippen molar-refractivity contribution >= 4 is 5.82 Å². The van der Waals surface area contributed by atoms with Crippen molar-refractivity contribution in [3.05, 3.63) is 66.1 Å². The van der Waals surface area contributed by atoms with Gasteiger partial charge >= 0.3 is 0 Å². The van der Waals surface area contributed by atoms with Gasteiger partial charge in [0.2, 0.25) is 0 Å². The highest BCUT2D eigenvalue weighted by Crippen LogP contribution is 2.27. The number of aromatic nitrogens is 3. The van der Waals surface area contributed by atoms with E-state index in [2.05, 4.69) is 16.0 Å².